The van der Waals surface area contributed by atoms with Crippen molar-refractivity contribution < 1.29 is 13.2 Å². The molecule has 0 bridgehead atoms. The first kappa shape index (κ1) is 18.6. The van der Waals surface area contributed by atoms with Gasteiger partial charge in [0, 0.05) is 16.0 Å². The van der Waals surface area contributed by atoms with Crippen LogP contribution in [0, 0.1) is 6.92 Å². The lowest BCUT2D eigenvalue weighted by molar-refractivity contribution is -0.136. The second kappa shape index (κ2) is 6.99. The van der Waals surface area contributed by atoms with Gasteiger partial charge in [-0.3, -0.25) is 4.68 Å². The van der Waals surface area contributed by atoms with E-state index in [2.05, 4.69) is 5.10 Å². The van der Waals surface area contributed by atoms with E-state index in [0.29, 0.717) is 22.6 Å². The molecule has 0 aliphatic heterocycles. The first-order chi connectivity index (χ1) is 13.3. The molecule has 28 heavy (non-hydrogen) atoms. The van der Waals surface area contributed by atoms with E-state index in [9.17, 15) is 13.2 Å². The Morgan fingerprint density at radius 3 is 2.43 bits per heavy atom. The average molecular weight is 401 g/mol. The van der Waals surface area contributed by atoms with Gasteiger partial charge in [0.05, 0.1) is 17.8 Å². The molecule has 4 aromatic rings. The van der Waals surface area contributed by atoms with Crippen LogP contribution >= 0.6 is 11.6 Å². The van der Waals surface area contributed by atoms with Crippen molar-refractivity contribution in [1.82, 2.24) is 9.78 Å². The monoisotopic (exact) mass is 400 g/mol. The van der Waals surface area contributed by atoms with Crippen molar-refractivity contribution in [3.8, 4) is 11.3 Å². The van der Waals surface area contributed by atoms with E-state index >= 15 is 0 Å². The van der Waals surface area contributed by atoms with Crippen molar-refractivity contribution >= 4 is 22.5 Å². The SMILES string of the molecule is Cc1cccc(Cn2nc3c(C(F)(F)F)cccc3c2-c2cccc(Cl)c2)c1. The molecule has 0 amide bonds. The third-order valence-corrected chi connectivity index (χ3v) is 4.82. The normalized spacial score (nSPS) is 11.9. The molecule has 0 unspecified atom stereocenters. The van der Waals surface area contributed by atoms with E-state index in [4.69, 9.17) is 11.6 Å². The minimum absolute atomic E-state index is 0.0578. The molecule has 0 N–H and O–H groups in total. The zero-order valence-electron chi connectivity index (χ0n) is 15.0. The predicted molar refractivity (Wildman–Crippen MR) is 105 cm³/mol. The van der Waals surface area contributed by atoms with Crippen LogP contribution in [0.2, 0.25) is 5.02 Å². The van der Waals surface area contributed by atoms with Crippen LogP contribution in [0.5, 0.6) is 0 Å². The molecule has 0 radical (unpaired) electrons. The summed E-state index contributed by atoms with van der Waals surface area (Å²) < 4.78 is 42.2. The topological polar surface area (TPSA) is 17.8 Å². The highest BCUT2D eigenvalue weighted by molar-refractivity contribution is 6.30. The van der Waals surface area contributed by atoms with Crippen molar-refractivity contribution in [2.75, 3.05) is 0 Å². The number of rotatable bonds is 3. The van der Waals surface area contributed by atoms with Gasteiger partial charge in [0.15, 0.2) is 0 Å². The molecule has 142 valence electrons. The summed E-state index contributed by atoms with van der Waals surface area (Å²) >= 11 is 6.14. The molecular formula is C22H16ClF3N2. The quantitative estimate of drug-likeness (QED) is 0.372. The number of nitrogens with zero attached hydrogens (tertiary/aromatic N) is 2. The van der Waals surface area contributed by atoms with Crippen LogP contribution in [-0.4, -0.2) is 9.78 Å². The fraction of sp³-hybridized carbons (Fsp3) is 0.136. The van der Waals surface area contributed by atoms with Gasteiger partial charge in [-0.2, -0.15) is 18.3 Å². The fourth-order valence-corrected chi connectivity index (χ4v) is 3.61. The Labute approximate surface area is 165 Å². The number of alkyl halides is 3. The Kier molecular flexibility index (Phi) is 4.63. The van der Waals surface area contributed by atoms with Crippen LogP contribution in [0.25, 0.3) is 22.2 Å². The maximum absolute atomic E-state index is 13.5. The van der Waals surface area contributed by atoms with Crippen LogP contribution in [0.15, 0.2) is 66.7 Å². The largest absolute Gasteiger partial charge is 0.418 e. The van der Waals surface area contributed by atoms with E-state index < -0.39 is 11.7 Å². The number of halogens is 4. The number of hydrogen-bond acceptors (Lipinski definition) is 1. The molecule has 1 aromatic heterocycles. The lowest BCUT2D eigenvalue weighted by Gasteiger charge is -2.09. The van der Waals surface area contributed by atoms with E-state index in [1.807, 2.05) is 37.3 Å². The number of fused-ring (bicyclic) bond motifs is 1. The molecular weight excluding hydrogens is 385 g/mol. The highest BCUT2D eigenvalue weighted by Gasteiger charge is 2.34. The molecule has 0 aliphatic rings. The van der Waals surface area contributed by atoms with Crippen LogP contribution in [0.3, 0.4) is 0 Å². The lowest BCUT2D eigenvalue weighted by Crippen LogP contribution is -2.06. The van der Waals surface area contributed by atoms with Crippen LogP contribution in [-0.2, 0) is 12.7 Å². The molecule has 0 saturated carbocycles. The second-order valence-corrected chi connectivity index (χ2v) is 7.14. The summed E-state index contributed by atoms with van der Waals surface area (Å²) in [4.78, 5) is 0. The minimum atomic E-state index is -4.48. The van der Waals surface area contributed by atoms with Crippen molar-refractivity contribution in [1.29, 1.82) is 0 Å². The fourth-order valence-electron chi connectivity index (χ4n) is 3.42. The van der Waals surface area contributed by atoms with Crippen molar-refractivity contribution in [2.24, 2.45) is 0 Å². The summed E-state index contributed by atoms with van der Waals surface area (Å²) in [5, 5.41) is 5.33. The Balaban J connectivity index is 1.98. The average Bonchev–Trinajstić information content (AvgIpc) is 2.98. The van der Waals surface area contributed by atoms with Gasteiger partial charge >= 0.3 is 6.18 Å². The van der Waals surface area contributed by atoms with Gasteiger partial charge in [-0.15, -0.1) is 0 Å². The predicted octanol–water partition coefficient (Wildman–Crippen LogP) is 6.73. The number of aryl methyl sites for hydroxylation is 1. The number of aromatic nitrogens is 2. The van der Waals surface area contributed by atoms with Gasteiger partial charge in [0.25, 0.3) is 0 Å². The standard InChI is InChI=1S/C22H16ClF3N2/c1-14-5-2-6-15(11-14)13-28-21(16-7-3-8-17(23)12-16)18-9-4-10-19(20(18)27-28)22(24,25)26/h2-12H,13H2,1H3. The molecule has 0 spiro atoms. The van der Waals surface area contributed by atoms with Crippen LogP contribution < -0.4 is 0 Å². The van der Waals surface area contributed by atoms with Gasteiger partial charge in [-0.05, 0) is 30.7 Å². The van der Waals surface area contributed by atoms with E-state index in [1.165, 1.54) is 6.07 Å². The maximum atomic E-state index is 13.5. The summed E-state index contributed by atoms with van der Waals surface area (Å²) in [7, 11) is 0. The van der Waals surface area contributed by atoms with E-state index in [0.717, 1.165) is 22.8 Å². The molecule has 0 aliphatic carbocycles. The highest BCUT2D eigenvalue weighted by Crippen LogP contribution is 2.38. The second-order valence-electron chi connectivity index (χ2n) is 6.71. The third kappa shape index (κ3) is 3.50. The summed E-state index contributed by atoms with van der Waals surface area (Å²) in [6, 6.07) is 19.1. The minimum Gasteiger partial charge on any atom is -0.259 e. The third-order valence-electron chi connectivity index (χ3n) is 4.59. The van der Waals surface area contributed by atoms with Crippen LogP contribution in [0.1, 0.15) is 16.7 Å². The maximum Gasteiger partial charge on any atom is 0.418 e. The molecule has 4 rings (SSSR count). The summed E-state index contributed by atoms with van der Waals surface area (Å²) in [6.07, 6.45) is -4.48. The Hall–Kier alpha value is -2.79. The Morgan fingerprint density at radius 1 is 0.964 bits per heavy atom. The van der Waals surface area contributed by atoms with E-state index in [-0.39, 0.29) is 5.52 Å². The van der Waals surface area contributed by atoms with Gasteiger partial charge in [0.2, 0.25) is 0 Å². The lowest BCUT2D eigenvalue weighted by atomic mass is 10.0. The zero-order chi connectivity index (χ0) is 19.9. The summed E-state index contributed by atoms with van der Waals surface area (Å²) in [5.41, 5.74) is 2.58. The van der Waals surface area contributed by atoms with Crippen molar-refractivity contribution in [2.45, 2.75) is 19.6 Å². The summed E-state index contributed by atoms with van der Waals surface area (Å²) in [6.45, 7) is 2.33. The van der Waals surface area contributed by atoms with Crippen molar-refractivity contribution in [3.05, 3.63) is 88.4 Å². The first-order valence-electron chi connectivity index (χ1n) is 8.71. The van der Waals surface area contributed by atoms with Crippen molar-refractivity contribution in [3.63, 3.8) is 0 Å². The molecule has 0 fully saturated rings. The zero-order valence-corrected chi connectivity index (χ0v) is 15.7. The molecule has 6 heteroatoms. The molecule has 2 nitrogen and oxygen atoms in total. The Morgan fingerprint density at radius 2 is 1.71 bits per heavy atom. The van der Waals surface area contributed by atoms with E-state index in [1.54, 1.807) is 28.9 Å². The number of hydrogen-bond donors (Lipinski definition) is 0. The number of benzene rings is 3. The molecule has 1 heterocycles. The van der Waals surface area contributed by atoms with Crippen LogP contribution in [0.4, 0.5) is 13.2 Å². The van der Waals surface area contributed by atoms with Gasteiger partial charge in [0.1, 0.15) is 5.52 Å². The van der Waals surface area contributed by atoms with Gasteiger partial charge in [-0.25, -0.2) is 0 Å². The first-order valence-corrected chi connectivity index (χ1v) is 9.09. The molecule has 0 atom stereocenters. The smallest absolute Gasteiger partial charge is 0.259 e. The highest BCUT2D eigenvalue weighted by atomic mass is 35.5. The Bertz CT molecular complexity index is 1160. The van der Waals surface area contributed by atoms with Gasteiger partial charge in [-0.1, -0.05) is 65.7 Å². The summed E-state index contributed by atoms with van der Waals surface area (Å²) in [5.74, 6) is 0. The molecule has 3 aromatic carbocycles. The molecule has 0 saturated heterocycles. The van der Waals surface area contributed by atoms with Gasteiger partial charge < -0.3 is 0 Å².